The number of carboxylic acids is 1. The number of aromatic nitrogens is 2. The van der Waals surface area contributed by atoms with Crippen LogP contribution in [0.1, 0.15) is 23.8 Å². The normalized spacial score (nSPS) is 21.4. The Bertz CT molecular complexity index is 1130. The first-order valence-corrected chi connectivity index (χ1v) is 10.0. The van der Waals surface area contributed by atoms with E-state index in [9.17, 15) is 18.3 Å². The average Bonchev–Trinajstić information content (AvgIpc) is 3.24. The molecule has 1 aliphatic rings. The smallest absolute Gasteiger partial charge is 0.325 e. The van der Waals surface area contributed by atoms with E-state index < -0.39 is 27.4 Å². The highest BCUT2D eigenvalue weighted by atomic mass is 32.2. The Labute approximate surface area is 161 Å². The summed E-state index contributed by atoms with van der Waals surface area (Å²) in [7, 11) is -4.03. The van der Waals surface area contributed by atoms with Gasteiger partial charge in [0, 0.05) is 18.4 Å². The summed E-state index contributed by atoms with van der Waals surface area (Å²) in [4.78, 5) is 15.9. The fourth-order valence-electron chi connectivity index (χ4n) is 3.24. The van der Waals surface area contributed by atoms with Gasteiger partial charge in [0.1, 0.15) is 5.54 Å². The summed E-state index contributed by atoms with van der Waals surface area (Å²) < 4.78 is 32.9. The third-order valence-electron chi connectivity index (χ3n) is 4.81. The van der Waals surface area contributed by atoms with Crippen LogP contribution < -0.4 is 4.72 Å². The van der Waals surface area contributed by atoms with E-state index in [0.29, 0.717) is 17.3 Å². The molecular weight excluding hydrogens is 382 g/mol. The Balaban J connectivity index is 1.59. The van der Waals surface area contributed by atoms with Crippen molar-refractivity contribution in [3.05, 3.63) is 66.1 Å². The van der Waals surface area contributed by atoms with Crippen LogP contribution in [0.15, 0.2) is 64.0 Å². The molecule has 144 valence electrons. The molecular formula is C19H17N3O5S. The lowest BCUT2D eigenvalue weighted by molar-refractivity contribution is -0.140. The lowest BCUT2D eigenvalue weighted by atomic mass is 10.1. The van der Waals surface area contributed by atoms with Crippen molar-refractivity contribution in [2.24, 2.45) is 0 Å². The second-order valence-corrected chi connectivity index (χ2v) is 8.39. The molecule has 1 aliphatic carbocycles. The molecule has 1 heterocycles. The SMILES string of the molecule is Cc1nc(-c2ccc(S(=O)(=O)NC3(C(=O)O)CC3c3ccccc3)cc2)no1. The topological polar surface area (TPSA) is 122 Å². The molecule has 9 heteroatoms. The Morgan fingerprint density at radius 1 is 1.18 bits per heavy atom. The van der Waals surface area contributed by atoms with Crippen molar-refractivity contribution in [3.63, 3.8) is 0 Å². The molecule has 2 aromatic carbocycles. The zero-order chi connectivity index (χ0) is 19.9. The quantitative estimate of drug-likeness (QED) is 0.652. The van der Waals surface area contributed by atoms with E-state index in [0.717, 1.165) is 5.56 Å². The molecule has 28 heavy (non-hydrogen) atoms. The number of carboxylic acid groups (broad SMARTS) is 1. The summed E-state index contributed by atoms with van der Waals surface area (Å²) in [5.41, 5.74) is -0.156. The minimum atomic E-state index is -4.03. The third-order valence-corrected chi connectivity index (χ3v) is 6.34. The lowest BCUT2D eigenvalue weighted by Crippen LogP contribution is -2.44. The zero-order valence-electron chi connectivity index (χ0n) is 14.9. The first-order valence-electron chi connectivity index (χ1n) is 8.55. The predicted octanol–water partition coefficient (Wildman–Crippen LogP) is 2.33. The van der Waals surface area contributed by atoms with Crippen molar-refractivity contribution < 1.29 is 22.8 Å². The molecule has 1 fully saturated rings. The number of benzene rings is 2. The van der Waals surface area contributed by atoms with Gasteiger partial charge >= 0.3 is 5.97 Å². The maximum absolute atomic E-state index is 12.8. The molecule has 1 saturated carbocycles. The van der Waals surface area contributed by atoms with Crippen molar-refractivity contribution in [2.45, 2.75) is 29.7 Å². The summed E-state index contributed by atoms with van der Waals surface area (Å²) in [5.74, 6) is -0.855. The summed E-state index contributed by atoms with van der Waals surface area (Å²) in [6.45, 7) is 1.66. The second kappa shape index (κ2) is 6.54. The van der Waals surface area contributed by atoms with Gasteiger partial charge in [-0.3, -0.25) is 4.79 Å². The van der Waals surface area contributed by atoms with Gasteiger partial charge in [-0.2, -0.15) is 9.71 Å². The van der Waals surface area contributed by atoms with Crippen LogP contribution in [-0.4, -0.2) is 35.2 Å². The highest BCUT2D eigenvalue weighted by molar-refractivity contribution is 7.89. The number of rotatable bonds is 6. The highest BCUT2D eigenvalue weighted by Crippen LogP contribution is 2.52. The molecule has 1 aromatic heterocycles. The van der Waals surface area contributed by atoms with Gasteiger partial charge in [-0.15, -0.1) is 0 Å². The molecule has 3 aromatic rings. The largest absolute Gasteiger partial charge is 0.480 e. The Hall–Kier alpha value is -3.04. The van der Waals surface area contributed by atoms with Crippen LogP contribution in [0.5, 0.6) is 0 Å². The van der Waals surface area contributed by atoms with Crippen LogP contribution in [0.4, 0.5) is 0 Å². The van der Waals surface area contributed by atoms with E-state index in [2.05, 4.69) is 14.9 Å². The summed E-state index contributed by atoms with van der Waals surface area (Å²) in [6, 6.07) is 14.9. The second-order valence-electron chi connectivity index (χ2n) is 6.71. The monoisotopic (exact) mass is 399 g/mol. The number of hydrogen-bond acceptors (Lipinski definition) is 6. The van der Waals surface area contributed by atoms with Gasteiger partial charge in [0.05, 0.1) is 4.90 Å². The minimum Gasteiger partial charge on any atom is -0.480 e. The van der Waals surface area contributed by atoms with E-state index in [-0.39, 0.29) is 11.3 Å². The third kappa shape index (κ3) is 3.19. The molecule has 0 amide bonds. The molecule has 4 rings (SSSR count). The van der Waals surface area contributed by atoms with E-state index in [1.54, 1.807) is 43.3 Å². The van der Waals surface area contributed by atoms with E-state index >= 15 is 0 Å². The molecule has 8 nitrogen and oxygen atoms in total. The highest BCUT2D eigenvalue weighted by Gasteiger charge is 2.63. The van der Waals surface area contributed by atoms with Crippen molar-refractivity contribution in [1.82, 2.24) is 14.9 Å². The number of aryl methyl sites for hydroxylation is 1. The Morgan fingerprint density at radius 3 is 2.43 bits per heavy atom. The van der Waals surface area contributed by atoms with Crippen LogP contribution >= 0.6 is 0 Å². The summed E-state index contributed by atoms with van der Waals surface area (Å²) in [6.07, 6.45) is 0.200. The summed E-state index contributed by atoms with van der Waals surface area (Å²) in [5, 5.41) is 13.5. The lowest BCUT2D eigenvalue weighted by Gasteiger charge is -2.15. The van der Waals surface area contributed by atoms with E-state index in [1.165, 1.54) is 12.1 Å². The van der Waals surface area contributed by atoms with Crippen molar-refractivity contribution in [3.8, 4) is 11.4 Å². The molecule has 0 saturated heterocycles. The van der Waals surface area contributed by atoms with Gasteiger partial charge in [-0.1, -0.05) is 35.5 Å². The summed E-state index contributed by atoms with van der Waals surface area (Å²) >= 11 is 0. The molecule has 2 atom stereocenters. The molecule has 0 spiro atoms. The number of aliphatic carboxylic acids is 1. The Morgan fingerprint density at radius 2 is 1.86 bits per heavy atom. The van der Waals surface area contributed by atoms with Gasteiger partial charge in [-0.05, 0) is 36.2 Å². The number of hydrogen-bond donors (Lipinski definition) is 2. The van der Waals surface area contributed by atoms with Crippen LogP contribution in [0.25, 0.3) is 11.4 Å². The van der Waals surface area contributed by atoms with Crippen LogP contribution in [-0.2, 0) is 14.8 Å². The molecule has 0 aliphatic heterocycles. The standard InChI is InChI=1S/C19H17N3O5S/c1-12-20-17(21-27-12)14-7-9-15(10-8-14)28(25,26)22-19(18(23)24)11-16(19)13-5-3-2-4-6-13/h2-10,16,22H,11H2,1H3,(H,23,24). The van der Waals surface area contributed by atoms with Gasteiger partial charge in [0.15, 0.2) is 0 Å². The minimum absolute atomic E-state index is 0.0317. The van der Waals surface area contributed by atoms with Gasteiger partial charge in [0.2, 0.25) is 21.7 Å². The fourth-order valence-corrected chi connectivity index (χ4v) is 4.65. The van der Waals surface area contributed by atoms with Crippen LogP contribution in [0.2, 0.25) is 0 Å². The average molecular weight is 399 g/mol. The van der Waals surface area contributed by atoms with Crippen molar-refractivity contribution >= 4 is 16.0 Å². The molecule has 2 unspecified atom stereocenters. The maximum Gasteiger partial charge on any atom is 0.325 e. The van der Waals surface area contributed by atoms with E-state index in [1.807, 2.05) is 6.07 Å². The van der Waals surface area contributed by atoms with Gasteiger partial charge in [0.25, 0.3) is 0 Å². The fraction of sp³-hybridized carbons (Fsp3) is 0.211. The van der Waals surface area contributed by atoms with Gasteiger partial charge in [-0.25, -0.2) is 8.42 Å². The van der Waals surface area contributed by atoms with Gasteiger partial charge < -0.3 is 9.63 Å². The van der Waals surface area contributed by atoms with Crippen molar-refractivity contribution in [2.75, 3.05) is 0 Å². The van der Waals surface area contributed by atoms with Crippen molar-refractivity contribution in [1.29, 1.82) is 0 Å². The predicted molar refractivity (Wildman–Crippen MR) is 99.0 cm³/mol. The Kier molecular flexibility index (Phi) is 4.28. The molecule has 2 N–H and O–H groups in total. The van der Waals surface area contributed by atoms with Crippen LogP contribution in [0, 0.1) is 6.92 Å². The number of nitrogens with one attached hydrogen (secondary N) is 1. The van der Waals surface area contributed by atoms with E-state index in [4.69, 9.17) is 4.52 Å². The zero-order valence-corrected chi connectivity index (χ0v) is 15.7. The maximum atomic E-state index is 12.8. The number of sulfonamides is 1. The van der Waals surface area contributed by atoms with Crippen LogP contribution in [0.3, 0.4) is 0 Å². The first kappa shape index (κ1) is 18.3. The number of carbonyl (C=O) groups is 1. The molecule has 0 radical (unpaired) electrons. The first-order chi connectivity index (χ1) is 13.3. The molecule has 0 bridgehead atoms. The number of nitrogens with zero attached hydrogens (tertiary/aromatic N) is 2.